The van der Waals surface area contributed by atoms with Crippen LogP contribution in [0.1, 0.15) is 12.8 Å². The third-order valence-corrected chi connectivity index (χ3v) is 7.42. The zero-order chi connectivity index (χ0) is 26.8. The molecule has 0 spiro atoms. The van der Waals surface area contributed by atoms with Gasteiger partial charge in [-0.3, -0.25) is 4.90 Å². The number of nitrogens with one attached hydrogen (secondary N) is 1. The number of fused-ring (bicyclic) bond motifs is 1. The number of anilines is 3. The second-order valence-electron chi connectivity index (χ2n) is 10.1. The van der Waals surface area contributed by atoms with Gasteiger partial charge >= 0.3 is 0 Å². The Bertz CT molecular complexity index is 1400. The first-order chi connectivity index (χ1) is 19.0. The highest BCUT2D eigenvalue weighted by Gasteiger charge is 2.22. The lowest BCUT2D eigenvalue weighted by atomic mass is 10.1. The molecular weight excluding hydrogens is 501 g/mol. The average Bonchev–Trinajstić information content (AvgIpc) is 3.63. The van der Waals surface area contributed by atoms with Crippen molar-refractivity contribution in [2.75, 3.05) is 74.9 Å². The van der Waals surface area contributed by atoms with Crippen LogP contribution in [-0.2, 0) is 0 Å². The summed E-state index contributed by atoms with van der Waals surface area (Å²) in [6, 6.07) is 10.7. The normalized spacial score (nSPS) is 17.1. The van der Waals surface area contributed by atoms with Crippen LogP contribution in [0, 0.1) is 5.82 Å². The highest BCUT2D eigenvalue weighted by Crippen LogP contribution is 2.27. The third kappa shape index (κ3) is 5.62. The van der Waals surface area contributed by atoms with Crippen LogP contribution >= 0.6 is 0 Å². The highest BCUT2D eigenvalue weighted by atomic mass is 19.1. The number of likely N-dealkylation sites (N-methyl/N-ethyl adjacent to an activating group) is 1. The number of benzene rings is 1. The number of halogens is 1. The number of hydrogen-bond acceptors (Lipinski definition) is 10. The van der Waals surface area contributed by atoms with Crippen molar-refractivity contribution in [1.82, 2.24) is 29.8 Å². The van der Waals surface area contributed by atoms with E-state index in [1.807, 2.05) is 42.3 Å². The molecule has 0 aliphatic carbocycles. The van der Waals surface area contributed by atoms with Crippen LogP contribution in [0.2, 0.25) is 0 Å². The molecule has 5 heterocycles. The van der Waals surface area contributed by atoms with E-state index in [4.69, 9.17) is 14.9 Å². The Kier molecular flexibility index (Phi) is 7.20. The molecular formula is C27H34FN9O2. The SMILES string of the molecule is CN(CCN1CCN(c2ccc(OC3CCNCC3)cc2F)CC1)c1nc(N)n2nc(-c3ccco3)cc2n1. The molecule has 206 valence electrons. The fraction of sp³-hybridized carbons (Fsp3) is 0.444. The minimum absolute atomic E-state index is 0.154. The van der Waals surface area contributed by atoms with E-state index in [-0.39, 0.29) is 17.9 Å². The first-order valence-corrected chi connectivity index (χ1v) is 13.5. The molecule has 2 aliphatic rings. The van der Waals surface area contributed by atoms with Crippen LogP contribution in [0.15, 0.2) is 47.1 Å². The predicted molar refractivity (Wildman–Crippen MR) is 148 cm³/mol. The second-order valence-corrected chi connectivity index (χ2v) is 10.1. The maximum Gasteiger partial charge on any atom is 0.230 e. The molecule has 6 rings (SSSR count). The van der Waals surface area contributed by atoms with Crippen molar-refractivity contribution in [3.63, 3.8) is 0 Å². The standard InChI is InChI=1S/C27H34FN9O2/c1-34(27-31-25-18-22(24-3-2-16-38-24)33-37(25)26(29)32-27)10-11-35-12-14-36(15-13-35)23-5-4-20(17-21(23)28)39-19-6-8-30-9-7-19/h2-5,16-19,30H,6-15H2,1H3,(H2,29,31,32). The van der Waals surface area contributed by atoms with Crippen LogP contribution < -0.4 is 25.6 Å². The highest BCUT2D eigenvalue weighted by molar-refractivity contribution is 5.61. The summed E-state index contributed by atoms with van der Waals surface area (Å²) in [4.78, 5) is 15.6. The van der Waals surface area contributed by atoms with Crippen molar-refractivity contribution in [1.29, 1.82) is 0 Å². The van der Waals surface area contributed by atoms with Gasteiger partial charge in [-0.25, -0.2) is 4.39 Å². The summed E-state index contributed by atoms with van der Waals surface area (Å²) in [5.74, 6) is 1.84. The number of nitrogens with two attached hydrogens (primary N) is 1. The molecule has 0 saturated carbocycles. The number of nitrogen functional groups attached to an aromatic ring is 1. The number of piperazine rings is 1. The Morgan fingerprint density at radius 1 is 1.13 bits per heavy atom. The van der Waals surface area contributed by atoms with Gasteiger partial charge in [0.05, 0.1) is 12.0 Å². The van der Waals surface area contributed by atoms with Crippen LogP contribution in [-0.4, -0.2) is 90.0 Å². The van der Waals surface area contributed by atoms with E-state index in [9.17, 15) is 4.39 Å². The number of rotatable bonds is 8. The van der Waals surface area contributed by atoms with E-state index in [1.165, 1.54) is 10.6 Å². The summed E-state index contributed by atoms with van der Waals surface area (Å²) in [7, 11) is 1.95. The van der Waals surface area contributed by atoms with Crippen molar-refractivity contribution >= 4 is 23.2 Å². The first-order valence-electron chi connectivity index (χ1n) is 13.5. The monoisotopic (exact) mass is 535 g/mol. The molecule has 39 heavy (non-hydrogen) atoms. The Hall–Kier alpha value is -3.90. The molecule has 3 aromatic heterocycles. The third-order valence-electron chi connectivity index (χ3n) is 7.42. The number of hydrogen-bond donors (Lipinski definition) is 2. The number of piperidine rings is 1. The van der Waals surface area contributed by atoms with E-state index in [0.29, 0.717) is 34.5 Å². The van der Waals surface area contributed by atoms with Crippen LogP contribution in [0.4, 0.5) is 22.0 Å². The van der Waals surface area contributed by atoms with Gasteiger partial charge in [0.2, 0.25) is 11.9 Å². The Morgan fingerprint density at radius 3 is 2.69 bits per heavy atom. The summed E-state index contributed by atoms with van der Waals surface area (Å²) < 4.78 is 27.9. The molecule has 1 aromatic carbocycles. The van der Waals surface area contributed by atoms with Crippen LogP contribution in [0.5, 0.6) is 5.75 Å². The smallest absolute Gasteiger partial charge is 0.230 e. The van der Waals surface area contributed by atoms with Crippen molar-refractivity contribution in [3.05, 3.63) is 48.5 Å². The number of aromatic nitrogens is 4. The fourth-order valence-corrected chi connectivity index (χ4v) is 5.14. The van der Waals surface area contributed by atoms with E-state index >= 15 is 0 Å². The Labute approximate surface area is 226 Å². The molecule has 4 aromatic rings. The molecule has 11 nitrogen and oxygen atoms in total. The number of nitrogens with zero attached hydrogens (tertiary/aromatic N) is 7. The van der Waals surface area contributed by atoms with Gasteiger partial charge < -0.3 is 30.0 Å². The molecule has 2 fully saturated rings. The number of furan rings is 1. The van der Waals surface area contributed by atoms with Gasteiger partial charge in [-0.1, -0.05) is 0 Å². The lowest BCUT2D eigenvalue weighted by Crippen LogP contribution is -2.48. The lowest BCUT2D eigenvalue weighted by molar-refractivity contribution is 0.162. The molecule has 0 amide bonds. The van der Waals surface area contributed by atoms with Gasteiger partial charge in [0.1, 0.15) is 23.4 Å². The van der Waals surface area contributed by atoms with E-state index in [0.717, 1.165) is 65.2 Å². The average molecular weight is 536 g/mol. The lowest BCUT2D eigenvalue weighted by Gasteiger charge is -2.37. The van der Waals surface area contributed by atoms with Crippen LogP contribution in [0.25, 0.3) is 17.1 Å². The topological polar surface area (TPSA) is 113 Å². The minimum atomic E-state index is -0.227. The molecule has 0 atom stereocenters. The van der Waals surface area contributed by atoms with Crippen molar-refractivity contribution in [2.45, 2.75) is 18.9 Å². The van der Waals surface area contributed by atoms with Gasteiger partial charge in [-0.05, 0) is 50.2 Å². The molecule has 3 N–H and O–H groups in total. The summed E-state index contributed by atoms with van der Waals surface area (Å²) >= 11 is 0. The minimum Gasteiger partial charge on any atom is -0.490 e. The molecule has 0 bridgehead atoms. The molecule has 0 radical (unpaired) electrons. The van der Waals surface area contributed by atoms with E-state index in [1.54, 1.807) is 6.26 Å². The summed E-state index contributed by atoms with van der Waals surface area (Å²) in [6.07, 6.45) is 3.66. The molecule has 0 unspecified atom stereocenters. The largest absolute Gasteiger partial charge is 0.490 e. The van der Waals surface area contributed by atoms with Gasteiger partial charge in [0.15, 0.2) is 11.4 Å². The second kappa shape index (κ2) is 11.1. The maximum absolute atomic E-state index is 15.0. The van der Waals surface area contributed by atoms with Crippen molar-refractivity contribution in [3.8, 4) is 17.2 Å². The Balaban J connectivity index is 1.02. The Morgan fingerprint density at radius 2 is 1.95 bits per heavy atom. The zero-order valence-corrected chi connectivity index (χ0v) is 22.1. The van der Waals surface area contributed by atoms with Gasteiger partial charge in [0.25, 0.3) is 0 Å². The van der Waals surface area contributed by atoms with E-state index < -0.39 is 0 Å². The number of ether oxygens (including phenoxy) is 1. The van der Waals surface area contributed by atoms with Crippen LogP contribution in [0.3, 0.4) is 0 Å². The van der Waals surface area contributed by atoms with Gasteiger partial charge in [0, 0.05) is 58.4 Å². The summed E-state index contributed by atoms with van der Waals surface area (Å²) in [5.41, 5.74) is 8.07. The molecule has 2 aliphatic heterocycles. The fourth-order valence-electron chi connectivity index (χ4n) is 5.14. The summed E-state index contributed by atoms with van der Waals surface area (Å²) in [5, 5.41) is 7.77. The first kappa shape index (κ1) is 25.4. The van der Waals surface area contributed by atoms with Crippen molar-refractivity contribution < 1.29 is 13.5 Å². The quantitative estimate of drug-likeness (QED) is 0.349. The van der Waals surface area contributed by atoms with Crippen molar-refractivity contribution in [2.24, 2.45) is 0 Å². The molecule has 12 heteroatoms. The predicted octanol–water partition coefficient (Wildman–Crippen LogP) is 2.49. The zero-order valence-electron chi connectivity index (χ0n) is 22.1. The van der Waals surface area contributed by atoms with Gasteiger partial charge in [-0.15, -0.1) is 0 Å². The maximum atomic E-state index is 15.0. The molecule has 2 saturated heterocycles. The van der Waals surface area contributed by atoms with Gasteiger partial charge in [-0.2, -0.15) is 19.6 Å². The van der Waals surface area contributed by atoms with E-state index in [2.05, 4.69) is 30.2 Å². The summed E-state index contributed by atoms with van der Waals surface area (Å²) in [6.45, 7) is 6.66.